The topological polar surface area (TPSA) is 24.9 Å². The fourth-order valence-electron chi connectivity index (χ4n) is 2.16. The highest BCUT2D eigenvalue weighted by Crippen LogP contribution is 2.26. The molecular weight excluding hydrogens is 276 g/mol. The molecule has 1 aromatic heterocycles. The Morgan fingerprint density at radius 3 is 2.89 bits per heavy atom. The molecular formula is C15H19ClN2S. The highest BCUT2D eigenvalue weighted by atomic mass is 35.5. The van der Waals surface area contributed by atoms with Gasteiger partial charge >= 0.3 is 0 Å². The van der Waals surface area contributed by atoms with Gasteiger partial charge in [0.1, 0.15) is 0 Å². The van der Waals surface area contributed by atoms with Crippen molar-refractivity contribution in [3.63, 3.8) is 0 Å². The number of rotatable bonds is 5. The summed E-state index contributed by atoms with van der Waals surface area (Å²) in [5.41, 5.74) is 2.35. The summed E-state index contributed by atoms with van der Waals surface area (Å²) in [5, 5.41) is 5.37. The fourth-order valence-corrected chi connectivity index (χ4v) is 3.51. The number of aromatic nitrogens is 1. The van der Waals surface area contributed by atoms with Crippen molar-refractivity contribution in [3.8, 4) is 0 Å². The summed E-state index contributed by atoms with van der Waals surface area (Å²) in [6, 6.07) is 8.36. The van der Waals surface area contributed by atoms with Gasteiger partial charge in [0.05, 0.1) is 10.7 Å². The van der Waals surface area contributed by atoms with Gasteiger partial charge < -0.3 is 5.32 Å². The lowest BCUT2D eigenvalue weighted by molar-refractivity contribution is 0.603. The Kier molecular flexibility index (Phi) is 4.97. The molecule has 0 fully saturated rings. The van der Waals surface area contributed by atoms with Crippen LogP contribution in [0.25, 0.3) is 0 Å². The second-order valence-electron chi connectivity index (χ2n) is 4.64. The van der Waals surface area contributed by atoms with Crippen LogP contribution >= 0.6 is 22.9 Å². The highest BCUT2D eigenvalue weighted by molar-refractivity contribution is 7.11. The molecule has 0 saturated heterocycles. The van der Waals surface area contributed by atoms with Crippen molar-refractivity contribution in [2.24, 2.45) is 0 Å². The smallest absolute Gasteiger partial charge is 0.0975 e. The first-order valence-electron chi connectivity index (χ1n) is 6.54. The Morgan fingerprint density at radius 2 is 2.21 bits per heavy atom. The van der Waals surface area contributed by atoms with Gasteiger partial charge in [-0.25, -0.2) is 4.98 Å². The molecule has 0 radical (unpaired) electrons. The van der Waals surface area contributed by atoms with E-state index in [1.807, 2.05) is 18.2 Å². The van der Waals surface area contributed by atoms with Crippen molar-refractivity contribution in [2.75, 3.05) is 6.54 Å². The Hall–Kier alpha value is -0.900. The molecule has 0 saturated carbocycles. The normalized spacial score (nSPS) is 12.6. The van der Waals surface area contributed by atoms with Crippen LogP contribution in [0.1, 0.15) is 41.0 Å². The predicted molar refractivity (Wildman–Crippen MR) is 83.2 cm³/mol. The van der Waals surface area contributed by atoms with Crippen LogP contribution in [0.4, 0.5) is 0 Å². The van der Waals surface area contributed by atoms with E-state index in [-0.39, 0.29) is 0 Å². The lowest BCUT2D eigenvalue weighted by Gasteiger charge is -2.09. The summed E-state index contributed by atoms with van der Waals surface area (Å²) in [6.07, 6.45) is 0.852. The number of hydrogen-bond acceptors (Lipinski definition) is 3. The van der Waals surface area contributed by atoms with Gasteiger partial charge in [0, 0.05) is 22.4 Å². The Morgan fingerprint density at radius 1 is 1.42 bits per heavy atom. The second-order valence-corrected chi connectivity index (χ2v) is 6.19. The average molecular weight is 295 g/mol. The first kappa shape index (κ1) is 14.5. The van der Waals surface area contributed by atoms with Crippen LogP contribution in [0.5, 0.6) is 0 Å². The predicted octanol–water partition coefficient (Wildman–Crippen LogP) is 4.37. The second kappa shape index (κ2) is 6.51. The van der Waals surface area contributed by atoms with Crippen LogP contribution in [0.15, 0.2) is 24.3 Å². The van der Waals surface area contributed by atoms with E-state index in [0.29, 0.717) is 6.04 Å². The van der Waals surface area contributed by atoms with Crippen LogP contribution in [0, 0.1) is 6.92 Å². The van der Waals surface area contributed by atoms with E-state index in [9.17, 15) is 0 Å². The first-order valence-corrected chi connectivity index (χ1v) is 7.73. The van der Waals surface area contributed by atoms with E-state index >= 15 is 0 Å². The Labute approximate surface area is 123 Å². The van der Waals surface area contributed by atoms with Crippen molar-refractivity contribution in [1.29, 1.82) is 0 Å². The molecule has 1 N–H and O–H groups in total. The molecule has 2 aromatic rings. The van der Waals surface area contributed by atoms with E-state index in [1.54, 1.807) is 11.3 Å². The van der Waals surface area contributed by atoms with Gasteiger partial charge in [-0.15, -0.1) is 11.3 Å². The van der Waals surface area contributed by atoms with Gasteiger partial charge in [-0.05, 0) is 38.1 Å². The van der Waals surface area contributed by atoms with Gasteiger partial charge in [0.2, 0.25) is 0 Å². The molecule has 2 nitrogen and oxygen atoms in total. The maximum atomic E-state index is 6.01. The Bertz CT molecular complexity index is 551. The molecule has 19 heavy (non-hydrogen) atoms. The molecule has 1 unspecified atom stereocenters. The van der Waals surface area contributed by atoms with Crippen molar-refractivity contribution >= 4 is 22.9 Å². The van der Waals surface area contributed by atoms with E-state index < -0.39 is 0 Å². The average Bonchev–Trinajstić information content (AvgIpc) is 2.70. The fraction of sp³-hybridized carbons (Fsp3) is 0.400. The molecule has 1 aromatic carbocycles. The van der Waals surface area contributed by atoms with Gasteiger partial charge in [-0.2, -0.15) is 0 Å². The van der Waals surface area contributed by atoms with Crippen LogP contribution in [-0.2, 0) is 6.42 Å². The maximum absolute atomic E-state index is 6.01. The minimum Gasteiger partial charge on any atom is -0.310 e. The summed E-state index contributed by atoms with van der Waals surface area (Å²) < 4.78 is 0. The molecule has 0 amide bonds. The molecule has 1 atom stereocenters. The quantitative estimate of drug-likeness (QED) is 0.886. The molecule has 1 heterocycles. The van der Waals surface area contributed by atoms with Crippen LogP contribution < -0.4 is 5.32 Å². The summed E-state index contributed by atoms with van der Waals surface area (Å²) in [7, 11) is 0. The molecule has 0 aliphatic rings. The van der Waals surface area contributed by atoms with Gasteiger partial charge in [0.15, 0.2) is 0 Å². The zero-order valence-electron chi connectivity index (χ0n) is 11.5. The van der Waals surface area contributed by atoms with Crippen LogP contribution in [0.3, 0.4) is 0 Å². The van der Waals surface area contributed by atoms with Crippen molar-refractivity contribution in [1.82, 2.24) is 10.3 Å². The number of halogens is 1. The number of thiazole rings is 1. The minimum atomic E-state index is 0.371. The largest absolute Gasteiger partial charge is 0.310 e. The summed E-state index contributed by atoms with van der Waals surface area (Å²) in [6.45, 7) is 7.37. The summed E-state index contributed by atoms with van der Waals surface area (Å²) >= 11 is 7.80. The van der Waals surface area contributed by atoms with Gasteiger partial charge in [-0.1, -0.05) is 30.7 Å². The zero-order valence-corrected chi connectivity index (χ0v) is 13.1. The van der Waals surface area contributed by atoms with Crippen molar-refractivity contribution in [2.45, 2.75) is 33.2 Å². The third kappa shape index (κ3) is 3.78. The number of hydrogen-bond donors (Lipinski definition) is 1. The van der Waals surface area contributed by atoms with E-state index in [2.05, 4.69) is 37.1 Å². The number of aryl methyl sites for hydroxylation is 1. The molecule has 0 aliphatic heterocycles. The molecule has 102 valence electrons. The highest BCUT2D eigenvalue weighted by Gasteiger charge is 2.13. The maximum Gasteiger partial charge on any atom is 0.0975 e. The summed E-state index contributed by atoms with van der Waals surface area (Å²) in [4.78, 5) is 6.01. The minimum absolute atomic E-state index is 0.371. The zero-order chi connectivity index (χ0) is 13.8. The van der Waals surface area contributed by atoms with E-state index in [0.717, 1.165) is 28.7 Å². The lowest BCUT2D eigenvalue weighted by Crippen LogP contribution is -2.17. The van der Waals surface area contributed by atoms with Crippen LogP contribution in [0.2, 0.25) is 5.02 Å². The number of nitrogens with zero attached hydrogens (tertiary/aromatic N) is 1. The van der Waals surface area contributed by atoms with E-state index in [1.165, 1.54) is 10.4 Å². The third-order valence-electron chi connectivity index (χ3n) is 3.02. The van der Waals surface area contributed by atoms with Crippen molar-refractivity contribution < 1.29 is 0 Å². The molecule has 0 bridgehead atoms. The molecule has 0 spiro atoms. The molecule has 2 rings (SSSR count). The van der Waals surface area contributed by atoms with E-state index in [4.69, 9.17) is 11.6 Å². The van der Waals surface area contributed by atoms with Crippen molar-refractivity contribution in [3.05, 3.63) is 50.4 Å². The lowest BCUT2D eigenvalue weighted by atomic mass is 10.2. The summed E-state index contributed by atoms with van der Waals surface area (Å²) in [5.74, 6) is 0. The third-order valence-corrected chi connectivity index (χ3v) is 4.60. The Balaban J connectivity index is 2.16. The first-order chi connectivity index (χ1) is 9.10. The van der Waals surface area contributed by atoms with Gasteiger partial charge in [0.25, 0.3) is 0 Å². The standard InChI is InChI=1S/C15H19ClN2S/c1-4-17-10(2)15-11(3)18-14(19-15)9-12-6-5-7-13(16)8-12/h5-8,10,17H,4,9H2,1-3H3. The van der Waals surface area contributed by atoms with Gasteiger partial charge in [-0.3, -0.25) is 0 Å². The number of nitrogens with one attached hydrogen (secondary N) is 1. The SMILES string of the molecule is CCNC(C)c1sc(Cc2cccc(Cl)c2)nc1C. The number of benzene rings is 1. The molecule has 4 heteroatoms. The van der Waals surface area contributed by atoms with Crippen LogP contribution in [-0.4, -0.2) is 11.5 Å². The molecule has 0 aliphatic carbocycles. The monoisotopic (exact) mass is 294 g/mol.